The zero-order chi connectivity index (χ0) is 10.5. The Morgan fingerprint density at radius 2 is 2.07 bits per heavy atom. The van der Waals surface area contributed by atoms with Crippen molar-refractivity contribution in [2.75, 3.05) is 13.2 Å². The van der Waals surface area contributed by atoms with Gasteiger partial charge in [0.15, 0.2) is 0 Å². The molecule has 3 rings (SSSR count). The maximum Gasteiger partial charge on any atom is 0.0651 e. The molecule has 2 unspecified atom stereocenters. The predicted octanol–water partition coefficient (Wildman–Crippen LogP) is 1.54. The minimum Gasteiger partial charge on any atom is -0.395 e. The van der Waals surface area contributed by atoms with E-state index in [0.29, 0.717) is 5.92 Å². The van der Waals surface area contributed by atoms with E-state index in [1.807, 2.05) is 18.2 Å². The van der Waals surface area contributed by atoms with Gasteiger partial charge in [0.25, 0.3) is 0 Å². The molecule has 0 bridgehead atoms. The van der Waals surface area contributed by atoms with Crippen LogP contribution in [0.15, 0.2) is 29.8 Å². The largest absolute Gasteiger partial charge is 0.395 e. The van der Waals surface area contributed by atoms with Gasteiger partial charge >= 0.3 is 0 Å². The lowest BCUT2D eigenvalue weighted by atomic mass is 9.84. The minimum atomic E-state index is -0.136. The number of aliphatic hydroxyl groups is 2. The van der Waals surface area contributed by atoms with Crippen LogP contribution in [0, 0.1) is 5.41 Å². The summed E-state index contributed by atoms with van der Waals surface area (Å²) in [5.41, 5.74) is 3.38. The highest BCUT2D eigenvalue weighted by Crippen LogP contribution is 2.66. The lowest BCUT2D eigenvalue weighted by molar-refractivity contribution is 0.211. The second kappa shape index (κ2) is 2.94. The summed E-state index contributed by atoms with van der Waals surface area (Å²) < 4.78 is 0. The first-order valence-electron chi connectivity index (χ1n) is 5.33. The molecule has 78 valence electrons. The molecule has 2 heteroatoms. The monoisotopic (exact) mass is 202 g/mol. The Labute approximate surface area is 88.9 Å². The summed E-state index contributed by atoms with van der Waals surface area (Å²) in [4.78, 5) is 0. The molecular formula is C13H14O2. The van der Waals surface area contributed by atoms with Crippen LogP contribution >= 0.6 is 0 Å². The summed E-state index contributed by atoms with van der Waals surface area (Å²) in [5, 5.41) is 18.8. The topological polar surface area (TPSA) is 40.5 Å². The van der Waals surface area contributed by atoms with E-state index in [9.17, 15) is 10.2 Å². The Bertz CT molecular complexity index is 436. The minimum absolute atomic E-state index is 0.0609. The van der Waals surface area contributed by atoms with E-state index in [1.165, 1.54) is 11.1 Å². The Kier molecular flexibility index (Phi) is 1.79. The Morgan fingerprint density at radius 3 is 2.80 bits per heavy atom. The normalized spacial score (nSPS) is 31.6. The average molecular weight is 202 g/mol. The fourth-order valence-corrected chi connectivity index (χ4v) is 2.84. The van der Waals surface area contributed by atoms with Crippen molar-refractivity contribution >= 4 is 6.08 Å². The number of rotatable bonds is 2. The van der Waals surface area contributed by atoms with Crippen LogP contribution in [-0.4, -0.2) is 23.4 Å². The quantitative estimate of drug-likeness (QED) is 0.763. The molecule has 2 N–H and O–H groups in total. The molecule has 0 spiro atoms. The van der Waals surface area contributed by atoms with E-state index >= 15 is 0 Å². The van der Waals surface area contributed by atoms with Gasteiger partial charge in [-0.1, -0.05) is 30.3 Å². The third-order valence-electron chi connectivity index (χ3n) is 3.87. The first-order valence-corrected chi connectivity index (χ1v) is 5.33. The van der Waals surface area contributed by atoms with Crippen molar-refractivity contribution in [1.29, 1.82) is 0 Å². The van der Waals surface area contributed by atoms with E-state index in [2.05, 4.69) is 12.1 Å². The predicted molar refractivity (Wildman–Crippen MR) is 58.4 cm³/mol. The molecule has 0 aliphatic heterocycles. The standard InChI is InChI=1S/C13H14O2/c14-7-10-5-9-3-1-2-4-11(9)12-6-13(10,12)8-15/h1-5,12,14-15H,6-8H2. The van der Waals surface area contributed by atoms with Crippen LogP contribution in [0.3, 0.4) is 0 Å². The van der Waals surface area contributed by atoms with Gasteiger partial charge in [0.1, 0.15) is 0 Å². The Hall–Kier alpha value is -1.12. The zero-order valence-corrected chi connectivity index (χ0v) is 8.48. The van der Waals surface area contributed by atoms with Gasteiger partial charge in [0, 0.05) is 5.41 Å². The lowest BCUT2D eigenvalue weighted by Gasteiger charge is -2.23. The van der Waals surface area contributed by atoms with Crippen LogP contribution < -0.4 is 0 Å². The summed E-state index contributed by atoms with van der Waals surface area (Å²) >= 11 is 0. The number of fused-ring (bicyclic) bond motifs is 3. The van der Waals surface area contributed by atoms with Gasteiger partial charge < -0.3 is 10.2 Å². The fourth-order valence-electron chi connectivity index (χ4n) is 2.84. The molecule has 0 radical (unpaired) electrons. The molecule has 0 saturated heterocycles. The molecule has 1 aromatic rings. The molecule has 0 heterocycles. The molecule has 1 aromatic carbocycles. The highest BCUT2D eigenvalue weighted by atomic mass is 16.3. The maximum absolute atomic E-state index is 9.47. The van der Waals surface area contributed by atoms with Gasteiger partial charge in [-0.15, -0.1) is 0 Å². The number of benzene rings is 1. The third kappa shape index (κ3) is 1.06. The van der Waals surface area contributed by atoms with E-state index in [0.717, 1.165) is 12.0 Å². The molecule has 2 aliphatic carbocycles. The summed E-state index contributed by atoms with van der Waals surface area (Å²) in [7, 11) is 0. The molecule has 0 aromatic heterocycles. The van der Waals surface area contributed by atoms with E-state index in [4.69, 9.17) is 0 Å². The van der Waals surface area contributed by atoms with Crippen LogP contribution in [0.25, 0.3) is 6.08 Å². The van der Waals surface area contributed by atoms with Crippen LogP contribution in [0.5, 0.6) is 0 Å². The lowest BCUT2D eigenvalue weighted by Crippen LogP contribution is -2.18. The summed E-state index contributed by atoms with van der Waals surface area (Å²) in [6.07, 6.45) is 3.02. The summed E-state index contributed by atoms with van der Waals surface area (Å²) in [6.45, 7) is 0.212. The van der Waals surface area contributed by atoms with Crippen molar-refractivity contribution in [1.82, 2.24) is 0 Å². The molecule has 2 aliphatic rings. The van der Waals surface area contributed by atoms with Crippen LogP contribution in [0.2, 0.25) is 0 Å². The molecule has 2 atom stereocenters. The van der Waals surface area contributed by atoms with Gasteiger partial charge in [-0.25, -0.2) is 0 Å². The zero-order valence-electron chi connectivity index (χ0n) is 8.48. The van der Waals surface area contributed by atoms with E-state index < -0.39 is 0 Å². The highest BCUT2D eigenvalue weighted by Gasteiger charge is 2.58. The Morgan fingerprint density at radius 1 is 1.27 bits per heavy atom. The summed E-state index contributed by atoms with van der Waals surface area (Å²) in [5.74, 6) is 0.422. The van der Waals surface area contributed by atoms with Crippen LogP contribution in [0.4, 0.5) is 0 Å². The van der Waals surface area contributed by atoms with Crippen molar-refractivity contribution in [2.24, 2.45) is 5.41 Å². The second-order valence-corrected chi connectivity index (χ2v) is 4.53. The van der Waals surface area contributed by atoms with Gasteiger partial charge in [-0.05, 0) is 29.0 Å². The van der Waals surface area contributed by atoms with Crippen molar-refractivity contribution in [2.45, 2.75) is 12.3 Å². The number of hydrogen-bond donors (Lipinski definition) is 2. The molecule has 15 heavy (non-hydrogen) atoms. The third-order valence-corrected chi connectivity index (χ3v) is 3.87. The maximum atomic E-state index is 9.47. The van der Waals surface area contributed by atoms with Crippen LogP contribution in [-0.2, 0) is 0 Å². The van der Waals surface area contributed by atoms with Crippen molar-refractivity contribution < 1.29 is 10.2 Å². The average Bonchev–Trinajstić information content (AvgIpc) is 3.04. The van der Waals surface area contributed by atoms with Gasteiger partial charge in [0.05, 0.1) is 13.2 Å². The number of hydrogen-bond acceptors (Lipinski definition) is 2. The summed E-state index contributed by atoms with van der Waals surface area (Å²) in [6, 6.07) is 8.25. The van der Waals surface area contributed by atoms with Gasteiger partial charge in [-0.3, -0.25) is 0 Å². The highest BCUT2D eigenvalue weighted by molar-refractivity contribution is 5.67. The Balaban J connectivity index is 2.15. The smallest absolute Gasteiger partial charge is 0.0651 e. The van der Waals surface area contributed by atoms with Gasteiger partial charge in [-0.2, -0.15) is 0 Å². The van der Waals surface area contributed by atoms with Crippen molar-refractivity contribution in [3.63, 3.8) is 0 Å². The molecule has 2 nitrogen and oxygen atoms in total. The molecular weight excluding hydrogens is 188 g/mol. The van der Waals surface area contributed by atoms with E-state index in [-0.39, 0.29) is 18.6 Å². The second-order valence-electron chi connectivity index (χ2n) is 4.53. The number of aliphatic hydroxyl groups excluding tert-OH is 2. The van der Waals surface area contributed by atoms with Crippen LogP contribution in [0.1, 0.15) is 23.5 Å². The first kappa shape index (κ1) is 9.13. The van der Waals surface area contributed by atoms with Crippen molar-refractivity contribution in [3.8, 4) is 0 Å². The first-order chi connectivity index (χ1) is 7.31. The fraction of sp³-hybridized carbons (Fsp3) is 0.385. The molecule has 0 amide bonds. The van der Waals surface area contributed by atoms with E-state index in [1.54, 1.807) is 0 Å². The molecule has 1 saturated carbocycles. The van der Waals surface area contributed by atoms with Crippen molar-refractivity contribution in [3.05, 3.63) is 41.0 Å². The SMILES string of the molecule is OCC1=Cc2ccccc2C2CC12CO. The van der Waals surface area contributed by atoms with Gasteiger partial charge in [0.2, 0.25) is 0 Å². The molecule has 1 fully saturated rings.